The van der Waals surface area contributed by atoms with Crippen molar-refractivity contribution in [1.82, 2.24) is 5.43 Å². The molecule has 0 aliphatic rings. The molecule has 1 amide bonds. The Hall–Kier alpha value is -3.34. The fourth-order valence-electron chi connectivity index (χ4n) is 2.32. The second kappa shape index (κ2) is 7.49. The molecular formula is C20H18N2O3. The number of amides is 1. The standard InChI is InChI=1S/C20H18N2O3/c1-14(20(24)22-21-13-15-6-9-18(23)10-7-15)25-19-11-8-16-4-2-3-5-17(16)12-19/h2-14,23H,1H3,(H,22,24). The van der Waals surface area contributed by atoms with Gasteiger partial charge in [-0.15, -0.1) is 0 Å². The number of carbonyl (C=O) groups excluding carboxylic acids is 1. The third-order valence-electron chi connectivity index (χ3n) is 3.68. The van der Waals surface area contributed by atoms with Crippen molar-refractivity contribution in [3.05, 3.63) is 72.3 Å². The van der Waals surface area contributed by atoms with E-state index in [-0.39, 0.29) is 11.7 Å². The SMILES string of the molecule is CC(Oc1ccc2ccccc2c1)C(=O)NN=Cc1ccc(O)cc1. The molecule has 0 aromatic heterocycles. The van der Waals surface area contributed by atoms with Crippen LogP contribution in [0.1, 0.15) is 12.5 Å². The monoisotopic (exact) mass is 334 g/mol. The quantitative estimate of drug-likeness (QED) is 0.554. The number of ether oxygens (including phenoxy) is 1. The third-order valence-corrected chi connectivity index (χ3v) is 3.68. The summed E-state index contributed by atoms with van der Waals surface area (Å²) in [6.07, 6.45) is 0.818. The number of benzene rings is 3. The molecule has 3 rings (SSSR count). The molecule has 1 atom stereocenters. The first-order valence-electron chi connectivity index (χ1n) is 7.89. The van der Waals surface area contributed by atoms with E-state index in [1.54, 1.807) is 31.2 Å². The van der Waals surface area contributed by atoms with Gasteiger partial charge in [0, 0.05) is 0 Å². The zero-order valence-corrected chi connectivity index (χ0v) is 13.7. The largest absolute Gasteiger partial charge is 0.508 e. The first-order valence-corrected chi connectivity index (χ1v) is 7.89. The maximum atomic E-state index is 12.1. The Morgan fingerprint density at radius 2 is 1.80 bits per heavy atom. The van der Waals surface area contributed by atoms with Crippen molar-refractivity contribution in [2.75, 3.05) is 0 Å². The summed E-state index contributed by atoms with van der Waals surface area (Å²) in [5.41, 5.74) is 3.21. The zero-order valence-electron chi connectivity index (χ0n) is 13.7. The molecule has 0 bridgehead atoms. The van der Waals surface area contributed by atoms with Crippen molar-refractivity contribution in [3.8, 4) is 11.5 Å². The van der Waals surface area contributed by atoms with Gasteiger partial charge in [-0.25, -0.2) is 5.43 Å². The van der Waals surface area contributed by atoms with Gasteiger partial charge in [0.05, 0.1) is 6.21 Å². The van der Waals surface area contributed by atoms with Crippen LogP contribution in [0.3, 0.4) is 0 Å². The summed E-state index contributed by atoms with van der Waals surface area (Å²) in [6.45, 7) is 1.67. The Labute approximate surface area is 145 Å². The molecule has 3 aromatic carbocycles. The minimum atomic E-state index is -0.682. The molecule has 2 N–H and O–H groups in total. The van der Waals surface area contributed by atoms with Crippen molar-refractivity contribution in [2.24, 2.45) is 5.10 Å². The Bertz CT molecular complexity index is 904. The first kappa shape index (κ1) is 16.5. The highest BCUT2D eigenvalue weighted by atomic mass is 16.5. The number of phenolic OH excluding ortho intramolecular Hbond substituents is 1. The lowest BCUT2D eigenvalue weighted by atomic mass is 10.1. The van der Waals surface area contributed by atoms with Gasteiger partial charge in [-0.2, -0.15) is 5.10 Å². The normalized spacial score (nSPS) is 12.2. The molecule has 0 heterocycles. The summed E-state index contributed by atoms with van der Waals surface area (Å²) >= 11 is 0. The lowest BCUT2D eigenvalue weighted by Crippen LogP contribution is -2.33. The molecule has 25 heavy (non-hydrogen) atoms. The van der Waals surface area contributed by atoms with Crippen LogP contribution in [0, 0.1) is 0 Å². The predicted molar refractivity (Wildman–Crippen MR) is 97.9 cm³/mol. The number of hydrogen-bond acceptors (Lipinski definition) is 4. The second-order valence-corrected chi connectivity index (χ2v) is 5.59. The van der Waals surface area contributed by atoms with E-state index in [0.717, 1.165) is 16.3 Å². The van der Waals surface area contributed by atoms with Crippen LogP contribution >= 0.6 is 0 Å². The number of aromatic hydroxyl groups is 1. The van der Waals surface area contributed by atoms with E-state index >= 15 is 0 Å². The van der Waals surface area contributed by atoms with E-state index in [4.69, 9.17) is 4.74 Å². The molecule has 1 unspecified atom stereocenters. The maximum absolute atomic E-state index is 12.1. The van der Waals surface area contributed by atoms with Crippen molar-refractivity contribution < 1.29 is 14.6 Å². The van der Waals surface area contributed by atoms with Crippen molar-refractivity contribution in [2.45, 2.75) is 13.0 Å². The Morgan fingerprint density at radius 3 is 2.56 bits per heavy atom. The molecule has 0 aliphatic heterocycles. The summed E-state index contributed by atoms with van der Waals surface area (Å²) in [4.78, 5) is 12.1. The average Bonchev–Trinajstić information content (AvgIpc) is 2.63. The fraction of sp³-hybridized carbons (Fsp3) is 0.100. The van der Waals surface area contributed by atoms with E-state index in [1.165, 1.54) is 6.21 Å². The summed E-state index contributed by atoms with van der Waals surface area (Å²) in [5, 5.41) is 15.3. The number of nitrogens with zero attached hydrogens (tertiary/aromatic N) is 1. The van der Waals surface area contributed by atoms with Gasteiger partial charge in [0.2, 0.25) is 0 Å². The number of rotatable bonds is 5. The van der Waals surface area contributed by atoms with Gasteiger partial charge in [0.25, 0.3) is 5.91 Å². The molecule has 3 aromatic rings. The molecule has 5 nitrogen and oxygen atoms in total. The van der Waals surface area contributed by atoms with Crippen LogP contribution < -0.4 is 10.2 Å². The first-order chi connectivity index (χ1) is 12.1. The van der Waals surface area contributed by atoms with Crippen molar-refractivity contribution in [3.63, 3.8) is 0 Å². The van der Waals surface area contributed by atoms with Gasteiger partial charge < -0.3 is 9.84 Å². The fourth-order valence-corrected chi connectivity index (χ4v) is 2.32. The molecule has 0 aliphatic carbocycles. The van der Waals surface area contributed by atoms with E-state index in [9.17, 15) is 9.90 Å². The molecule has 126 valence electrons. The molecular weight excluding hydrogens is 316 g/mol. The number of carbonyl (C=O) groups is 1. The summed E-state index contributed by atoms with van der Waals surface area (Å²) in [5.74, 6) is 0.464. The maximum Gasteiger partial charge on any atom is 0.280 e. The van der Waals surface area contributed by atoms with Crippen LogP contribution in [0.4, 0.5) is 0 Å². The van der Waals surface area contributed by atoms with Crippen molar-refractivity contribution in [1.29, 1.82) is 0 Å². The minimum Gasteiger partial charge on any atom is -0.508 e. The van der Waals surface area contributed by atoms with E-state index in [2.05, 4.69) is 10.5 Å². The van der Waals surface area contributed by atoms with Gasteiger partial charge in [-0.1, -0.05) is 30.3 Å². The lowest BCUT2D eigenvalue weighted by Gasteiger charge is -2.13. The molecule has 0 fully saturated rings. The highest BCUT2D eigenvalue weighted by Crippen LogP contribution is 2.21. The minimum absolute atomic E-state index is 0.179. The summed E-state index contributed by atoms with van der Waals surface area (Å²) in [6, 6.07) is 20.1. The molecule has 0 radical (unpaired) electrons. The zero-order chi connectivity index (χ0) is 17.6. The van der Waals surface area contributed by atoms with Crippen LogP contribution in [0.5, 0.6) is 11.5 Å². The molecule has 0 saturated carbocycles. The smallest absolute Gasteiger partial charge is 0.280 e. The number of phenols is 1. The number of hydrogen-bond donors (Lipinski definition) is 2. The number of fused-ring (bicyclic) bond motifs is 1. The Kier molecular flexibility index (Phi) is 4.95. The molecule has 0 saturated heterocycles. The third kappa shape index (κ3) is 4.35. The Morgan fingerprint density at radius 1 is 1.08 bits per heavy atom. The highest BCUT2D eigenvalue weighted by Gasteiger charge is 2.14. The predicted octanol–water partition coefficient (Wildman–Crippen LogP) is 3.46. The van der Waals surface area contributed by atoms with E-state index < -0.39 is 6.10 Å². The average molecular weight is 334 g/mol. The van der Waals surface area contributed by atoms with Gasteiger partial charge in [-0.3, -0.25) is 4.79 Å². The lowest BCUT2D eigenvalue weighted by molar-refractivity contribution is -0.127. The van der Waals surface area contributed by atoms with Crippen LogP contribution in [-0.4, -0.2) is 23.3 Å². The van der Waals surface area contributed by atoms with Gasteiger partial charge in [0.1, 0.15) is 11.5 Å². The highest BCUT2D eigenvalue weighted by molar-refractivity contribution is 5.85. The van der Waals surface area contributed by atoms with E-state index in [0.29, 0.717) is 5.75 Å². The van der Waals surface area contributed by atoms with Crippen molar-refractivity contribution >= 4 is 22.9 Å². The van der Waals surface area contributed by atoms with E-state index in [1.807, 2.05) is 42.5 Å². The van der Waals surface area contributed by atoms with Gasteiger partial charge in [0.15, 0.2) is 6.10 Å². The topological polar surface area (TPSA) is 70.9 Å². The number of nitrogens with one attached hydrogen (secondary N) is 1. The van der Waals surface area contributed by atoms with Crippen LogP contribution in [-0.2, 0) is 4.79 Å². The van der Waals surface area contributed by atoms with Crippen LogP contribution in [0.15, 0.2) is 71.8 Å². The molecule has 0 spiro atoms. The van der Waals surface area contributed by atoms with Gasteiger partial charge >= 0.3 is 0 Å². The van der Waals surface area contributed by atoms with Crippen LogP contribution in [0.25, 0.3) is 10.8 Å². The summed E-state index contributed by atoms with van der Waals surface area (Å²) < 4.78 is 5.68. The Balaban J connectivity index is 1.58. The van der Waals surface area contributed by atoms with Crippen LogP contribution in [0.2, 0.25) is 0 Å². The number of hydrazone groups is 1. The second-order valence-electron chi connectivity index (χ2n) is 5.59. The summed E-state index contributed by atoms with van der Waals surface area (Å²) in [7, 11) is 0. The van der Waals surface area contributed by atoms with Gasteiger partial charge in [-0.05, 0) is 59.7 Å². The molecule has 5 heteroatoms.